The third-order valence-electron chi connectivity index (χ3n) is 8.15. The van der Waals surface area contributed by atoms with E-state index in [-0.39, 0.29) is 25.0 Å². The average Bonchev–Trinajstić information content (AvgIpc) is 3.26. The number of rotatable bonds is 7. The predicted molar refractivity (Wildman–Crippen MR) is 171 cm³/mol. The van der Waals surface area contributed by atoms with Crippen LogP contribution in [0.25, 0.3) is 32.9 Å². The van der Waals surface area contributed by atoms with E-state index in [9.17, 15) is 4.79 Å². The highest BCUT2D eigenvalue weighted by molar-refractivity contribution is 7.98. The number of thioether (sulfide) groups is 1. The zero-order chi connectivity index (χ0) is 30.3. The van der Waals surface area contributed by atoms with E-state index >= 15 is 0 Å². The van der Waals surface area contributed by atoms with Gasteiger partial charge in [0.2, 0.25) is 0 Å². The monoisotopic (exact) mass is 601 g/mol. The van der Waals surface area contributed by atoms with Crippen LogP contribution in [0.4, 0.5) is 10.6 Å². The molecule has 2 aliphatic heterocycles. The molecule has 2 fully saturated rings. The lowest BCUT2D eigenvalue weighted by Gasteiger charge is -2.42. The van der Waals surface area contributed by atoms with Gasteiger partial charge >= 0.3 is 6.09 Å². The molecule has 2 aliphatic rings. The van der Waals surface area contributed by atoms with Crippen molar-refractivity contribution in [2.75, 3.05) is 38.1 Å². The molecule has 43 heavy (non-hydrogen) atoms. The van der Waals surface area contributed by atoms with Gasteiger partial charge in [-0.1, -0.05) is 36.9 Å². The van der Waals surface area contributed by atoms with Gasteiger partial charge in [0.1, 0.15) is 17.2 Å². The van der Waals surface area contributed by atoms with Crippen molar-refractivity contribution in [2.45, 2.75) is 69.8 Å². The summed E-state index contributed by atoms with van der Waals surface area (Å²) in [5.74, 6) is 1.59. The minimum atomic E-state index is -0.522. The number of carbonyl (C=O) groups excluding carboxylic acids is 1. The molecular formula is C33H39N5O4S. The van der Waals surface area contributed by atoms with Crippen molar-refractivity contribution in [1.82, 2.24) is 19.9 Å². The van der Waals surface area contributed by atoms with Gasteiger partial charge in [-0.15, -0.1) is 0 Å². The number of methoxy groups -OCH3 is 1. The lowest BCUT2D eigenvalue weighted by atomic mass is 9.95. The van der Waals surface area contributed by atoms with E-state index in [1.807, 2.05) is 44.2 Å². The minimum Gasteiger partial charge on any atom is -0.468 e. The highest BCUT2D eigenvalue weighted by atomic mass is 32.2. The number of pyridine rings is 1. The van der Waals surface area contributed by atoms with Crippen molar-refractivity contribution < 1.29 is 19.0 Å². The summed E-state index contributed by atoms with van der Waals surface area (Å²) in [6.45, 7) is 9.46. The van der Waals surface area contributed by atoms with Crippen molar-refractivity contribution in [3.63, 3.8) is 0 Å². The van der Waals surface area contributed by atoms with E-state index in [4.69, 9.17) is 29.2 Å². The zero-order valence-corrected chi connectivity index (χ0v) is 26.5. The molecule has 0 radical (unpaired) electrons. The van der Waals surface area contributed by atoms with Crippen molar-refractivity contribution in [1.29, 1.82) is 0 Å². The number of carbonyl (C=O) groups is 1. The molecule has 6 rings (SSSR count). The van der Waals surface area contributed by atoms with Crippen molar-refractivity contribution in [3.05, 3.63) is 48.2 Å². The van der Waals surface area contributed by atoms with Crippen LogP contribution in [0.3, 0.4) is 0 Å². The normalized spacial score (nSPS) is 18.5. The Morgan fingerprint density at radius 3 is 2.53 bits per heavy atom. The van der Waals surface area contributed by atoms with E-state index in [1.54, 1.807) is 7.11 Å². The molecule has 0 N–H and O–H groups in total. The van der Waals surface area contributed by atoms with E-state index in [0.717, 1.165) is 63.8 Å². The Labute approximate surface area is 256 Å². The summed E-state index contributed by atoms with van der Waals surface area (Å²) in [4.78, 5) is 32.2. The van der Waals surface area contributed by atoms with Gasteiger partial charge in [0, 0.05) is 32.0 Å². The molecule has 0 saturated carbocycles. The van der Waals surface area contributed by atoms with E-state index in [0.29, 0.717) is 18.2 Å². The lowest BCUT2D eigenvalue weighted by molar-refractivity contribution is 0.0123. The molecule has 4 heterocycles. The van der Waals surface area contributed by atoms with Gasteiger partial charge in [-0.2, -0.15) is 0 Å². The quantitative estimate of drug-likeness (QED) is 0.130. The Morgan fingerprint density at radius 1 is 1.09 bits per heavy atom. The molecule has 1 amide bonds. The number of benzene rings is 2. The number of aromatic nitrogens is 3. The Balaban J connectivity index is 1.40. The fourth-order valence-corrected chi connectivity index (χ4v) is 6.71. The standard InChI is InChI=1S/C33H39N5O4S/c1-7-20-9-8-10-21-13-24(41-19-40-5)14-25(29(20)21)27-15-28-26(16-34-27)30(36-31(35-28)43-6)37-17-22-11-12-23(18-37)38(22)32(39)42-33(2,3)4/h8-10,13-16,22-23H,7,11-12,17-19H2,1-6H3. The lowest BCUT2D eigenvalue weighted by Crippen LogP contribution is -2.57. The molecule has 226 valence electrons. The first-order chi connectivity index (χ1) is 20.7. The summed E-state index contributed by atoms with van der Waals surface area (Å²) in [7, 11) is 1.62. The Morgan fingerprint density at radius 2 is 1.86 bits per heavy atom. The van der Waals surface area contributed by atoms with Crippen LogP contribution in [0.15, 0.2) is 47.8 Å². The summed E-state index contributed by atoms with van der Waals surface area (Å²) in [6, 6.07) is 12.7. The van der Waals surface area contributed by atoms with Gasteiger partial charge in [0.05, 0.1) is 28.7 Å². The Bertz CT molecular complexity index is 1660. The Hall–Kier alpha value is -3.63. The van der Waals surface area contributed by atoms with E-state index < -0.39 is 5.60 Å². The van der Waals surface area contributed by atoms with Crippen molar-refractivity contribution >= 4 is 45.3 Å². The number of amides is 1. The van der Waals surface area contributed by atoms with Crippen LogP contribution in [-0.2, 0) is 15.9 Å². The van der Waals surface area contributed by atoms with Crippen LogP contribution in [0.1, 0.15) is 46.1 Å². The minimum absolute atomic E-state index is 0.0808. The number of ether oxygens (including phenoxy) is 3. The van der Waals surface area contributed by atoms with Crippen LogP contribution in [-0.4, -0.2) is 76.9 Å². The van der Waals surface area contributed by atoms with Crippen LogP contribution in [0.2, 0.25) is 0 Å². The predicted octanol–water partition coefficient (Wildman–Crippen LogP) is 6.70. The number of piperazine rings is 1. The van der Waals surface area contributed by atoms with Gasteiger partial charge < -0.3 is 19.1 Å². The fraction of sp³-hybridized carbons (Fsp3) is 0.455. The summed E-state index contributed by atoms with van der Waals surface area (Å²) >= 11 is 1.52. The second-order valence-electron chi connectivity index (χ2n) is 12.2. The molecule has 10 heteroatoms. The highest BCUT2D eigenvalue weighted by Gasteiger charge is 2.45. The van der Waals surface area contributed by atoms with Gasteiger partial charge in [-0.3, -0.25) is 9.88 Å². The van der Waals surface area contributed by atoms with Crippen LogP contribution in [0, 0.1) is 0 Å². The molecule has 2 aromatic carbocycles. The van der Waals surface area contributed by atoms with Crippen LogP contribution >= 0.6 is 11.8 Å². The average molecular weight is 602 g/mol. The van der Waals surface area contributed by atoms with Crippen molar-refractivity contribution in [2.24, 2.45) is 0 Å². The maximum atomic E-state index is 13.1. The van der Waals surface area contributed by atoms with Gasteiger partial charge in [-0.25, -0.2) is 14.8 Å². The van der Waals surface area contributed by atoms with Crippen LogP contribution < -0.4 is 9.64 Å². The second-order valence-corrected chi connectivity index (χ2v) is 13.0. The maximum Gasteiger partial charge on any atom is 0.410 e. The first-order valence-corrected chi connectivity index (χ1v) is 16.1. The Kier molecular flexibility index (Phi) is 8.08. The summed E-state index contributed by atoms with van der Waals surface area (Å²) < 4.78 is 16.8. The molecular weight excluding hydrogens is 562 g/mol. The molecule has 0 spiro atoms. The van der Waals surface area contributed by atoms with Gasteiger partial charge in [-0.05, 0) is 80.8 Å². The first kappa shape index (κ1) is 29.4. The maximum absolute atomic E-state index is 13.1. The largest absolute Gasteiger partial charge is 0.468 e. The number of aryl methyl sites for hydroxylation is 1. The summed E-state index contributed by atoms with van der Waals surface area (Å²) in [5, 5.41) is 3.86. The van der Waals surface area contributed by atoms with Gasteiger partial charge in [0.15, 0.2) is 11.9 Å². The third-order valence-corrected chi connectivity index (χ3v) is 8.69. The summed E-state index contributed by atoms with van der Waals surface area (Å²) in [5.41, 5.74) is 3.39. The summed E-state index contributed by atoms with van der Waals surface area (Å²) in [6.07, 6.45) is 6.48. The molecule has 9 nitrogen and oxygen atoms in total. The molecule has 0 aliphatic carbocycles. The van der Waals surface area contributed by atoms with Crippen LogP contribution in [0.5, 0.6) is 5.75 Å². The molecule has 2 unspecified atom stereocenters. The third kappa shape index (κ3) is 5.82. The molecule has 2 bridgehead atoms. The fourth-order valence-electron chi connectivity index (χ4n) is 6.34. The zero-order valence-electron chi connectivity index (χ0n) is 25.7. The van der Waals surface area contributed by atoms with Gasteiger partial charge in [0.25, 0.3) is 0 Å². The number of hydrogen-bond donors (Lipinski definition) is 0. The molecule has 2 atom stereocenters. The number of anilines is 1. The smallest absolute Gasteiger partial charge is 0.410 e. The number of fused-ring (bicyclic) bond motifs is 4. The SMILES string of the molecule is CCc1cccc2cc(OCOC)cc(-c3cc4nc(SC)nc(N5CC6CCC(C5)N6C(=O)OC(C)(C)C)c4cn3)c12. The first-order valence-electron chi connectivity index (χ1n) is 14.8. The molecule has 4 aromatic rings. The number of nitrogens with zero attached hydrogens (tertiary/aromatic N) is 5. The number of hydrogen-bond acceptors (Lipinski definition) is 9. The van der Waals surface area contributed by atoms with E-state index in [2.05, 4.69) is 42.2 Å². The molecule has 2 saturated heterocycles. The highest BCUT2D eigenvalue weighted by Crippen LogP contribution is 2.39. The second kappa shape index (κ2) is 11.8. The topological polar surface area (TPSA) is 89.9 Å². The van der Waals surface area contributed by atoms with Crippen molar-refractivity contribution in [3.8, 4) is 17.0 Å². The molecule has 2 aromatic heterocycles. The van der Waals surface area contributed by atoms with E-state index in [1.165, 1.54) is 17.3 Å².